The number of ether oxygens (including phenoxy) is 1. The van der Waals surface area contributed by atoms with E-state index in [0.717, 1.165) is 18.4 Å². The number of carbonyl (C=O) groups is 3. The Bertz CT molecular complexity index is 1310. The maximum absolute atomic E-state index is 13.8. The third kappa shape index (κ3) is 6.33. The van der Waals surface area contributed by atoms with Crippen LogP contribution in [0.15, 0.2) is 42.5 Å². The molecule has 2 aromatic rings. The number of halogens is 3. The van der Waals surface area contributed by atoms with Crippen molar-refractivity contribution in [3.05, 3.63) is 63.9 Å². The predicted molar refractivity (Wildman–Crippen MR) is 156 cm³/mol. The van der Waals surface area contributed by atoms with E-state index in [1.807, 2.05) is 36.6 Å². The second kappa shape index (κ2) is 11.8. The molecule has 220 valence electrons. The van der Waals surface area contributed by atoms with E-state index in [0.29, 0.717) is 49.1 Å². The lowest BCUT2D eigenvalue weighted by molar-refractivity contribution is -0.142. The Kier molecular flexibility index (Phi) is 8.53. The van der Waals surface area contributed by atoms with E-state index >= 15 is 0 Å². The van der Waals surface area contributed by atoms with Gasteiger partial charge in [0.15, 0.2) is 0 Å². The maximum atomic E-state index is 13.8. The molecule has 5 rings (SSSR count). The standard InChI is InChI=1S/C31H36Cl2FN3O4/c1-19(2)37(30(40)41-23-7-5-22(34)6-8-23)27-18-36(17-24(27)21-4-9-25(32)26(33)16-21)28(38)20-10-14-35(15-11-20)29(39)31(3)12-13-31/h4-9,16,19-20,24,27H,10-15,17-18H2,1-3H3/t24-,27+/m0/s1. The van der Waals surface area contributed by atoms with Gasteiger partial charge in [0.2, 0.25) is 11.8 Å². The summed E-state index contributed by atoms with van der Waals surface area (Å²) in [5, 5.41) is 0.828. The molecule has 0 unspecified atom stereocenters. The fourth-order valence-corrected chi connectivity index (χ4v) is 6.38. The lowest BCUT2D eigenvalue weighted by Crippen LogP contribution is -2.50. The van der Waals surface area contributed by atoms with Crippen LogP contribution in [-0.2, 0) is 9.59 Å². The van der Waals surface area contributed by atoms with Crippen molar-refractivity contribution in [1.29, 1.82) is 0 Å². The summed E-state index contributed by atoms with van der Waals surface area (Å²) in [5.74, 6) is -0.353. The van der Waals surface area contributed by atoms with E-state index in [1.54, 1.807) is 17.0 Å². The molecule has 2 heterocycles. The summed E-state index contributed by atoms with van der Waals surface area (Å²) in [5.41, 5.74) is 0.660. The van der Waals surface area contributed by atoms with E-state index in [1.165, 1.54) is 24.3 Å². The van der Waals surface area contributed by atoms with Gasteiger partial charge in [-0.1, -0.05) is 36.2 Å². The summed E-state index contributed by atoms with van der Waals surface area (Å²) in [6, 6.07) is 10.1. The van der Waals surface area contributed by atoms with Crippen LogP contribution < -0.4 is 4.74 Å². The van der Waals surface area contributed by atoms with Crippen molar-refractivity contribution >= 4 is 41.1 Å². The minimum Gasteiger partial charge on any atom is -0.410 e. The molecule has 0 aromatic heterocycles. The molecule has 10 heteroatoms. The van der Waals surface area contributed by atoms with Crippen molar-refractivity contribution in [2.75, 3.05) is 26.2 Å². The molecular formula is C31H36Cl2FN3O4. The van der Waals surface area contributed by atoms with Gasteiger partial charge in [-0.3, -0.25) is 14.5 Å². The number of nitrogens with zero attached hydrogens (tertiary/aromatic N) is 3. The summed E-state index contributed by atoms with van der Waals surface area (Å²) in [6.45, 7) is 7.72. The largest absolute Gasteiger partial charge is 0.415 e. The van der Waals surface area contributed by atoms with Crippen molar-refractivity contribution in [2.45, 2.75) is 64.5 Å². The smallest absolute Gasteiger partial charge is 0.410 e. The minimum absolute atomic E-state index is 0.0397. The van der Waals surface area contributed by atoms with E-state index in [9.17, 15) is 18.8 Å². The van der Waals surface area contributed by atoms with Crippen LogP contribution in [0.25, 0.3) is 0 Å². The highest BCUT2D eigenvalue weighted by atomic mass is 35.5. The number of likely N-dealkylation sites (tertiary alicyclic amines) is 2. The van der Waals surface area contributed by atoms with Crippen LogP contribution in [0.4, 0.5) is 9.18 Å². The van der Waals surface area contributed by atoms with Crippen molar-refractivity contribution in [1.82, 2.24) is 14.7 Å². The third-order valence-corrected chi connectivity index (χ3v) is 9.50. The third-order valence-electron chi connectivity index (χ3n) is 8.76. The SMILES string of the molecule is CC(C)N(C(=O)Oc1ccc(F)cc1)[C@@H]1CN(C(=O)C2CCN(C(=O)C3(C)CC3)CC2)C[C@H]1c1ccc(Cl)c(Cl)c1. The number of carbonyl (C=O) groups excluding carboxylic acids is 3. The fourth-order valence-electron chi connectivity index (χ4n) is 6.08. The lowest BCUT2D eigenvalue weighted by Gasteiger charge is -2.35. The summed E-state index contributed by atoms with van der Waals surface area (Å²) in [4.78, 5) is 45.5. The zero-order chi connectivity index (χ0) is 29.5. The zero-order valence-corrected chi connectivity index (χ0v) is 25.1. The van der Waals surface area contributed by atoms with Gasteiger partial charge in [0, 0.05) is 49.5 Å². The normalized spacial score (nSPS) is 22.1. The lowest BCUT2D eigenvalue weighted by atomic mass is 9.92. The van der Waals surface area contributed by atoms with E-state index in [2.05, 4.69) is 0 Å². The number of rotatable bonds is 6. The predicted octanol–water partition coefficient (Wildman–Crippen LogP) is 6.38. The Morgan fingerprint density at radius 2 is 1.63 bits per heavy atom. The van der Waals surface area contributed by atoms with Gasteiger partial charge in [0.05, 0.1) is 16.1 Å². The second-order valence-corrected chi connectivity index (χ2v) is 12.9. The molecule has 0 N–H and O–H groups in total. The Morgan fingerprint density at radius 3 is 2.22 bits per heavy atom. The molecule has 2 saturated heterocycles. The molecule has 7 nitrogen and oxygen atoms in total. The van der Waals surface area contributed by atoms with Crippen LogP contribution in [0.5, 0.6) is 5.75 Å². The molecule has 2 atom stereocenters. The van der Waals surface area contributed by atoms with Gasteiger partial charge in [-0.2, -0.15) is 0 Å². The first kappa shape index (κ1) is 29.6. The van der Waals surface area contributed by atoms with Crippen LogP contribution in [0.3, 0.4) is 0 Å². The molecule has 1 aliphatic carbocycles. The number of benzene rings is 2. The van der Waals surface area contributed by atoms with E-state index < -0.39 is 11.9 Å². The molecule has 0 bridgehead atoms. The summed E-state index contributed by atoms with van der Waals surface area (Å²) >= 11 is 12.6. The maximum Gasteiger partial charge on any atom is 0.415 e. The second-order valence-electron chi connectivity index (χ2n) is 12.0. The monoisotopic (exact) mass is 603 g/mol. The Labute approximate surface area is 250 Å². The molecule has 0 radical (unpaired) electrons. The Hall–Kier alpha value is -2.84. The average Bonchev–Trinajstić information content (AvgIpc) is 3.56. The molecule has 0 spiro atoms. The first-order valence-corrected chi connectivity index (χ1v) is 15.0. The van der Waals surface area contributed by atoms with Gasteiger partial charge in [-0.15, -0.1) is 0 Å². The van der Waals surface area contributed by atoms with Crippen molar-refractivity contribution in [3.63, 3.8) is 0 Å². The number of hydrogen-bond acceptors (Lipinski definition) is 4. The number of amides is 3. The Morgan fingerprint density at radius 1 is 0.976 bits per heavy atom. The molecule has 2 aromatic carbocycles. The fraction of sp³-hybridized carbons (Fsp3) is 0.516. The highest BCUT2D eigenvalue weighted by Gasteiger charge is 2.48. The van der Waals surface area contributed by atoms with Crippen LogP contribution >= 0.6 is 23.2 Å². The molecule has 41 heavy (non-hydrogen) atoms. The number of hydrogen-bond donors (Lipinski definition) is 0. The quantitative estimate of drug-likeness (QED) is 0.384. The van der Waals surface area contributed by atoms with Gasteiger partial charge >= 0.3 is 6.09 Å². The van der Waals surface area contributed by atoms with Crippen LogP contribution in [-0.4, -0.2) is 70.9 Å². The highest BCUT2D eigenvalue weighted by molar-refractivity contribution is 6.42. The van der Waals surface area contributed by atoms with Crippen LogP contribution in [0.2, 0.25) is 10.0 Å². The molecule has 2 aliphatic heterocycles. The summed E-state index contributed by atoms with van der Waals surface area (Å²) < 4.78 is 19.1. The van der Waals surface area contributed by atoms with Crippen molar-refractivity contribution < 1.29 is 23.5 Å². The highest BCUT2D eigenvalue weighted by Crippen LogP contribution is 2.47. The van der Waals surface area contributed by atoms with E-state index in [-0.39, 0.29) is 46.9 Å². The first-order chi connectivity index (χ1) is 19.5. The minimum atomic E-state index is -0.573. The van der Waals surface area contributed by atoms with Gasteiger partial charge in [-0.05, 0) is 81.5 Å². The zero-order valence-electron chi connectivity index (χ0n) is 23.6. The molecular weight excluding hydrogens is 568 g/mol. The van der Waals surface area contributed by atoms with Gasteiger partial charge in [-0.25, -0.2) is 9.18 Å². The van der Waals surface area contributed by atoms with E-state index in [4.69, 9.17) is 27.9 Å². The molecule has 1 saturated carbocycles. The summed E-state index contributed by atoms with van der Waals surface area (Å²) in [6.07, 6.45) is 2.55. The Balaban J connectivity index is 1.35. The van der Waals surface area contributed by atoms with Crippen molar-refractivity contribution in [2.24, 2.45) is 11.3 Å². The molecule has 3 fully saturated rings. The molecule has 3 aliphatic rings. The molecule has 3 amide bonds. The first-order valence-electron chi connectivity index (χ1n) is 14.3. The summed E-state index contributed by atoms with van der Waals surface area (Å²) in [7, 11) is 0. The van der Waals surface area contributed by atoms with Gasteiger partial charge < -0.3 is 14.5 Å². The van der Waals surface area contributed by atoms with Gasteiger partial charge in [0.1, 0.15) is 11.6 Å². The van der Waals surface area contributed by atoms with Gasteiger partial charge in [0.25, 0.3) is 0 Å². The number of piperidine rings is 1. The van der Waals surface area contributed by atoms with Crippen molar-refractivity contribution in [3.8, 4) is 5.75 Å². The average molecular weight is 605 g/mol. The topological polar surface area (TPSA) is 70.2 Å². The van der Waals surface area contributed by atoms with Crippen LogP contribution in [0.1, 0.15) is 57.9 Å². The van der Waals surface area contributed by atoms with Crippen LogP contribution in [0, 0.1) is 17.2 Å².